The summed E-state index contributed by atoms with van der Waals surface area (Å²) < 4.78 is 2.01. The van der Waals surface area contributed by atoms with E-state index in [2.05, 4.69) is 10.3 Å². The molecule has 0 aliphatic carbocycles. The largest absolute Gasteiger partial charge is 0.356 e. The molecule has 15 heavy (non-hydrogen) atoms. The number of aryl methyl sites for hydroxylation is 2. The molecule has 82 valence electrons. The monoisotopic (exact) mass is 207 g/mol. The van der Waals surface area contributed by atoms with Crippen LogP contribution in [0.1, 0.15) is 25.1 Å². The van der Waals surface area contributed by atoms with Gasteiger partial charge in [-0.2, -0.15) is 0 Å². The van der Waals surface area contributed by atoms with E-state index in [0.29, 0.717) is 0 Å². The number of piperidine rings is 1. The smallest absolute Gasteiger partial charge is 0.223 e. The molecule has 4 heteroatoms. The molecule has 4 nitrogen and oxygen atoms in total. The zero-order chi connectivity index (χ0) is 10.7. The third-order valence-electron chi connectivity index (χ3n) is 3.04. The van der Waals surface area contributed by atoms with E-state index in [1.54, 1.807) is 6.20 Å². The molecule has 0 saturated carbocycles. The summed E-state index contributed by atoms with van der Waals surface area (Å²) in [6.07, 6.45) is 7.68. The molecule has 0 radical (unpaired) electrons. The number of hydrogen-bond donors (Lipinski definition) is 1. The molecule has 1 aromatic rings. The molecule has 1 aromatic heterocycles. The first-order valence-corrected chi connectivity index (χ1v) is 5.51. The zero-order valence-electron chi connectivity index (χ0n) is 9.07. The van der Waals surface area contributed by atoms with Gasteiger partial charge in [0.1, 0.15) is 5.82 Å². The number of nitrogens with one attached hydrogen (secondary N) is 1. The Balaban J connectivity index is 1.87. The summed E-state index contributed by atoms with van der Waals surface area (Å²) >= 11 is 0. The molecule has 1 amide bonds. The van der Waals surface area contributed by atoms with Crippen LogP contribution in [0.5, 0.6) is 0 Å². The first-order chi connectivity index (χ1) is 7.27. The van der Waals surface area contributed by atoms with Gasteiger partial charge in [-0.1, -0.05) is 0 Å². The van der Waals surface area contributed by atoms with Gasteiger partial charge in [0.15, 0.2) is 0 Å². The van der Waals surface area contributed by atoms with Gasteiger partial charge in [-0.3, -0.25) is 4.79 Å². The fourth-order valence-corrected chi connectivity index (χ4v) is 2.05. The van der Waals surface area contributed by atoms with Crippen molar-refractivity contribution in [2.45, 2.75) is 25.7 Å². The Morgan fingerprint density at radius 1 is 1.67 bits per heavy atom. The number of carbonyl (C=O) groups excluding carboxylic acids is 1. The van der Waals surface area contributed by atoms with Crippen LogP contribution in [-0.2, 0) is 18.3 Å². The first-order valence-electron chi connectivity index (χ1n) is 5.51. The van der Waals surface area contributed by atoms with Crippen molar-refractivity contribution < 1.29 is 4.79 Å². The quantitative estimate of drug-likeness (QED) is 0.799. The molecule has 1 saturated heterocycles. The third-order valence-corrected chi connectivity index (χ3v) is 3.04. The van der Waals surface area contributed by atoms with Crippen molar-refractivity contribution in [3.8, 4) is 0 Å². The number of aromatic nitrogens is 2. The van der Waals surface area contributed by atoms with Gasteiger partial charge in [-0.15, -0.1) is 0 Å². The van der Waals surface area contributed by atoms with Crippen molar-refractivity contribution in [1.29, 1.82) is 0 Å². The van der Waals surface area contributed by atoms with Crippen LogP contribution in [0, 0.1) is 5.92 Å². The van der Waals surface area contributed by atoms with Gasteiger partial charge in [-0.25, -0.2) is 4.98 Å². The van der Waals surface area contributed by atoms with Crippen LogP contribution in [0.4, 0.5) is 0 Å². The van der Waals surface area contributed by atoms with Gasteiger partial charge in [0.25, 0.3) is 0 Å². The molecular weight excluding hydrogens is 190 g/mol. The van der Waals surface area contributed by atoms with Crippen LogP contribution in [-0.4, -0.2) is 22.0 Å². The second-order valence-corrected chi connectivity index (χ2v) is 4.12. The van der Waals surface area contributed by atoms with Crippen molar-refractivity contribution in [3.63, 3.8) is 0 Å². The van der Waals surface area contributed by atoms with Crippen LogP contribution in [0.2, 0.25) is 0 Å². The molecule has 0 spiro atoms. The van der Waals surface area contributed by atoms with E-state index in [0.717, 1.165) is 38.1 Å². The topological polar surface area (TPSA) is 46.9 Å². The highest BCUT2D eigenvalue weighted by Gasteiger charge is 2.21. The van der Waals surface area contributed by atoms with Gasteiger partial charge in [0, 0.05) is 38.3 Å². The highest BCUT2D eigenvalue weighted by atomic mass is 16.1. The van der Waals surface area contributed by atoms with Crippen LogP contribution in [0.15, 0.2) is 12.4 Å². The molecule has 1 atom stereocenters. The molecule has 1 fully saturated rings. The SMILES string of the molecule is Cn1ccnc1CCC1CCCNC1=O. The minimum Gasteiger partial charge on any atom is -0.356 e. The lowest BCUT2D eigenvalue weighted by molar-refractivity contribution is -0.126. The van der Waals surface area contributed by atoms with Gasteiger partial charge < -0.3 is 9.88 Å². The molecular formula is C11H17N3O. The second-order valence-electron chi connectivity index (χ2n) is 4.12. The van der Waals surface area contributed by atoms with Crippen molar-refractivity contribution >= 4 is 5.91 Å². The van der Waals surface area contributed by atoms with E-state index < -0.39 is 0 Å². The lowest BCUT2D eigenvalue weighted by Crippen LogP contribution is -2.36. The van der Waals surface area contributed by atoms with Crippen LogP contribution in [0.3, 0.4) is 0 Å². The Hall–Kier alpha value is -1.32. The minimum atomic E-state index is 0.190. The predicted octanol–water partition coefficient (Wildman–Crippen LogP) is 0.879. The summed E-state index contributed by atoms with van der Waals surface area (Å²) in [6, 6.07) is 0. The molecule has 2 rings (SSSR count). The molecule has 2 heterocycles. The second kappa shape index (κ2) is 4.47. The van der Waals surface area contributed by atoms with E-state index in [1.807, 2.05) is 17.8 Å². The van der Waals surface area contributed by atoms with Crippen molar-refractivity contribution in [2.24, 2.45) is 13.0 Å². The van der Waals surface area contributed by atoms with Crippen LogP contribution >= 0.6 is 0 Å². The van der Waals surface area contributed by atoms with E-state index in [-0.39, 0.29) is 11.8 Å². The van der Waals surface area contributed by atoms with Gasteiger partial charge in [0.2, 0.25) is 5.91 Å². The normalized spacial score (nSPS) is 21.4. The Morgan fingerprint density at radius 2 is 2.53 bits per heavy atom. The average Bonchev–Trinajstić information content (AvgIpc) is 2.63. The molecule has 1 unspecified atom stereocenters. The zero-order valence-corrected chi connectivity index (χ0v) is 9.07. The molecule has 0 bridgehead atoms. The van der Waals surface area contributed by atoms with E-state index in [9.17, 15) is 4.79 Å². The number of carbonyl (C=O) groups is 1. The highest BCUT2D eigenvalue weighted by molar-refractivity contribution is 5.79. The third kappa shape index (κ3) is 2.37. The number of hydrogen-bond acceptors (Lipinski definition) is 2. The summed E-state index contributed by atoms with van der Waals surface area (Å²) in [5.41, 5.74) is 0. The molecule has 1 aliphatic rings. The Bertz CT molecular complexity index is 345. The fourth-order valence-electron chi connectivity index (χ4n) is 2.05. The molecule has 0 aromatic carbocycles. The van der Waals surface area contributed by atoms with E-state index in [4.69, 9.17) is 0 Å². The van der Waals surface area contributed by atoms with E-state index in [1.165, 1.54) is 0 Å². The van der Waals surface area contributed by atoms with Gasteiger partial charge in [-0.05, 0) is 19.3 Å². The Morgan fingerprint density at radius 3 is 3.20 bits per heavy atom. The standard InChI is InChI=1S/C11H17N3O/c1-14-8-7-12-10(14)5-4-9-3-2-6-13-11(9)15/h7-9H,2-6H2,1H3,(H,13,15). The summed E-state index contributed by atoms with van der Waals surface area (Å²) in [5.74, 6) is 1.47. The highest BCUT2D eigenvalue weighted by Crippen LogP contribution is 2.17. The Kier molecular flexibility index (Phi) is 3.04. The summed E-state index contributed by atoms with van der Waals surface area (Å²) in [6.45, 7) is 0.845. The first kappa shape index (κ1) is 10.2. The maximum Gasteiger partial charge on any atom is 0.223 e. The molecule has 1 aliphatic heterocycles. The van der Waals surface area contributed by atoms with Crippen LogP contribution in [0.25, 0.3) is 0 Å². The number of imidazole rings is 1. The summed E-state index contributed by atoms with van der Waals surface area (Å²) in [7, 11) is 1.99. The average molecular weight is 207 g/mol. The maximum atomic E-state index is 11.5. The van der Waals surface area contributed by atoms with Crippen molar-refractivity contribution in [1.82, 2.24) is 14.9 Å². The van der Waals surface area contributed by atoms with Gasteiger partial charge in [0.05, 0.1) is 0 Å². The lowest BCUT2D eigenvalue weighted by atomic mass is 9.94. The minimum absolute atomic E-state index is 0.190. The number of nitrogens with zero attached hydrogens (tertiary/aromatic N) is 2. The van der Waals surface area contributed by atoms with E-state index >= 15 is 0 Å². The maximum absolute atomic E-state index is 11.5. The predicted molar refractivity (Wildman–Crippen MR) is 57.3 cm³/mol. The fraction of sp³-hybridized carbons (Fsp3) is 0.636. The number of rotatable bonds is 3. The number of amides is 1. The van der Waals surface area contributed by atoms with Crippen LogP contribution < -0.4 is 5.32 Å². The Labute approximate surface area is 89.7 Å². The summed E-state index contributed by atoms with van der Waals surface area (Å²) in [5, 5.41) is 2.91. The molecule has 1 N–H and O–H groups in total. The van der Waals surface area contributed by atoms with Crippen molar-refractivity contribution in [3.05, 3.63) is 18.2 Å². The van der Waals surface area contributed by atoms with Crippen molar-refractivity contribution in [2.75, 3.05) is 6.54 Å². The lowest BCUT2D eigenvalue weighted by Gasteiger charge is -2.21. The summed E-state index contributed by atoms with van der Waals surface area (Å²) in [4.78, 5) is 15.8. The van der Waals surface area contributed by atoms with Gasteiger partial charge >= 0.3 is 0 Å².